The molecular weight excluding hydrogens is 445 g/mol. The zero-order valence-electron chi connectivity index (χ0n) is 20.6. The largest absolute Gasteiger partial charge is 0.444 e. The number of fused-ring (bicyclic) bond motifs is 1. The van der Waals surface area contributed by atoms with Gasteiger partial charge in [0.2, 0.25) is 0 Å². The van der Waals surface area contributed by atoms with Gasteiger partial charge in [0.15, 0.2) is 0 Å². The predicted octanol–water partition coefficient (Wildman–Crippen LogP) is 5.70. The summed E-state index contributed by atoms with van der Waals surface area (Å²) in [6, 6.07) is 6.44. The SMILES string of the molecule is CC(C)(C)OC(=O)N1CCC2(CC=C(c3nn4ccnc(N)c4c3-c3ccc(F)cc3)CC2)CC1. The second kappa shape index (κ2) is 8.66. The zero-order chi connectivity index (χ0) is 24.8. The van der Waals surface area contributed by atoms with E-state index in [2.05, 4.69) is 11.1 Å². The topological polar surface area (TPSA) is 85.8 Å². The molecule has 35 heavy (non-hydrogen) atoms. The number of halogens is 1. The Hall–Kier alpha value is -3.42. The van der Waals surface area contributed by atoms with Crippen molar-refractivity contribution in [2.24, 2.45) is 5.41 Å². The van der Waals surface area contributed by atoms with Gasteiger partial charge in [-0.3, -0.25) is 0 Å². The van der Waals surface area contributed by atoms with Crippen molar-refractivity contribution in [3.8, 4) is 11.1 Å². The minimum atomic E-state index is -0.482. The molecule has 0 unspecified atom stereocenters. The minimum absolute atomic E-state index is 0.192. The number of aromatic nitrogens is 3. The summed E-state index contributed by atoms with van der Waals surface area (Å²) in [4.78, 5) is 18.6. The van der Waals surface area contributed by atoms with E-state index in [4.69, 9.17) is 15.6 Å². The van der Waals surface area contributed by atoms with Crippen LogP contribution in [0.4, 0.5) is 15.0 Å². The number of rotatable bonds is 2. The van der Waals surface area contributed by atoms with Crippen LogP contribution in [0.15, 0.2) is 42.7 Å². The van der Waals surface area contributed by atoms with Gasteiger partial charge in [-0.25, -0.2) is 18.7 Å². The van der Waals surface area contributed by atoms with Crippen LogP contribution in [0.2, 0.25) is 0 Å². The fourth-order valence-electron chi connectivity index (χ4n) is 5.24. The lowest BCUT2D eigenvalue weighted by Crippen LogP contribution is -2.45. The molecule has 5 rings (SSSR count). The first-order valence-corrected chi connectivity index (χ1v) is 12.2. The second-order valence-corrected chi connectivity index (χ2v) is 10.7. The van der Waals surface area contributed by atoms with Crippen molar-refractivity contribution in [2.45, 2.75) is 58.5 Å². The van der Waals surface area contributed by atoms with Gasteiger partial charge < -0.3 is 15.4 Å². The molecule has 7 nitrogen and oxygen atoms in total. The minimum Gasteiger partial charge on any atom is -0.444 e. The van der Waals surface area contributed by atoms with Crippen molar-refractivity contribution < 1.29 is 13.9 Å². The molecule has 2 N–H and O–H groups in total. The lowest BCUT2D eigenvalue weighted by molar-refractivity contribution is 0.00896. The van der Waals surface area contributed by atoms with Crippen LogP contribution in [0.1, 0.15) is 58.6 Å². The number of hydrogen-bond acceptors (Lipinski definition) is 5. The molecule has 0 radical (unpaired) electrons. The van der Waals surface area contributed by atoms with Gasteiger partial charge in [-0.15, -0.1) is 0 Å². The van der Waals surface area contributed by atoms with Crippen molar-refractivity contribution >= 4 is 23.0 Å². The Morgan fingerprint density at radius 1 is 1.14 bits per heavy atom. The molecule has 8 heteroatoms. The third-order valence-electron chi connectivity index (χ3n) is 7.19. The first kappa shape index (κ1) is 23.3. The Bertz CT molecular complexity index is 1280. The summed E-state index contributed by atoms with van der Waals surface area (Å²) < 4.78 is 21.0. The van der Waals surface area contributed by atoms with Crippen LogP contribution in [0.25, 0.3) is 22.2 Å². The van der Waals surface area contributed by atoms with E-state index in [-0.39, 0.29) is 17.3 Å². The summed E-state index contributed by atoms with van der Waals surface area (Å²) >= 11 is 0. The molecule has 184 valence electrons. The number of amides is 1. The Morgan fingerprint density at radius 3 is 2.49 bits per heavy atom. The number of carbonyl (C=O) groups is 1. The molecule has 3 aromatic rings. The van der Waals surface area contributed by atoms with Crippen LogP contribution >= 0.6 is 0 Å². The molecular formula is C27H32FN5O2. The first-order chi connectivity index (χ1) is 16.6. The molecule has 3 heterocycles. The third-order valence-corrected chi connectivity index (χ3v) is 7.19. The number of nitrogen functional groups attached to an aromatic ring is 1. The number of piperidine rings is 1. The van der Waals surface area contributed by atoms with Crippen LogP contribution in [-0.2, 0) is 4.74 Å². The Labute approximate surface area is 204 Å². The smallest absolute Gasteiger partial charge is 0.410 e. The van der Waals surface area contributed by atoms with Crippen molar-refractivity contribution in [3.05, 3.63) is 54.2 Å². The predicted molar refractivity (Wildman–Crippen MR) is 134 cm³/mol. The van der Waals surface area contributed by atoms with Gasteiger partial charge in [0.1, 0.15) is 22.8 Å². The van der Waals surface area contributed by atoms with Gasteiger partial charge in [0.05, 0.1) is 5.69 Å². The molecule has 1 spiro atoms. The van der Waals surface area contributed by atoms with Crippen LogP contribution in [-0.4, -0.2) is 44.3 Å². The number of nitrogens with two attached hydrogens (primary N) is 1. The van der Waals surface area contributed by atoms with Crippen molar-refractivity contribution in [1.82, 2.24) is 19.5 Å². The average Bonchev–Trinajstić information content (AvgIpc) is 3.20. The third kappa shape index (κ3) is 4.61. The molecule has 0 atom stereocenters. The van der Waals surface area contributed by atoms with Crippen LogP contribution < -0.4 is 5.73 Å². The van der Waals surface area contributed by atoms with Crippen molar-refractivity contribution in [3.63, 3.8) is 0 Å². The molecule has 1 saturated heterocycles. The van der Waals surface area contributed by atoms with E-state index in [0.29, 0.717) is 5.82 Å². The number of anilines is 1. The van der Waals surface area contributed by atoms with E-state index >= 15 is 0 Å². The maximum absolute atomic E-state index is 13.6. The monoisotopic (exact) mass is 477 g/mol. The molecule has 1 fully saturated rings. The number of carbonyl (C=O) groups excluding carboxylic acids is 1. The summed E-state index contributed by atoms with van der Waals surface area (Å²) in [6.07, 6.45) is 10.3. The van der Waals surface area contributed by atoms with E-state index < -0.39 is 5.60 Å². The highest BCUT2D eigenvalue weighted by Gasteiger charge is 2.38. The summed E-state index contributed by atoms with van der Waals surface area (Å²) in [5.74, 6) is 0.113. The average molecular weight is 478 g/mol. The van der Waals surface area contributed by atoms with Gasteiger partial charge in [0, 0.05) is 31.0 Å². The Kier molecular flexibility index (Phi) is 5.77. The quantitative estimate of drug-likeness (QED) is 0.512. The highest BCUT2D eigenvalue weighted by atomic mass is 19.1. The first-order valence-electron chi connectivity index (χ1n) is 12.2. The van der Waals surface area contributed by atoms with Crippen molar-refractivity contribution in [1.29, 1.82) is 0 Å². The van der Waals surface area contributed by atoms with E-state index in [0.717, 1.165) is 67.5 Å². The van der Waals surface area contributed by atoms with E-state index in [1.165, 1.54) is 17.7 Å². The molecule has 2 aromatic heterocycles. The standard InChI is InChI=1S/C27H32FN5O2/c1-26(2,3)35-25(34)32-15-12-27(13-16-32)10-8-19(9-11-27)22-21(18-4-6-20(28)7-5-18)23-24(29)30-14-17-33(23)31-22/h4-8,14,17H,9-13,15-16H2,1-3H3,(H2,29,30). The van der Waals surface area contributed by atoms with E-state index in [1.54, 1.807) is 29.0 Å². The van der Waals surface area contributed by atoms with Gasteiger partial charge >= 0.3 is 6.09 Å². The molecule has 1 aromatic carbocycles. The zero-order valence-corrected chi connectivity index (χ0v) is 20.6. The van der Waals surface area contributed by atoms with E-state index in [1.807, 2.05) is 25.7 Å². The molecule has 1 amide bonds. The molecule has 0 saturated carbocycles. The normalized spacial score (nSPS) is 18.1. The molecule has 1 aliphatic heterocycles. The van der Waals surface area contributed by atoms with Gasteiger partial charge in [-0.1, -0.05) is 18.2 Å². The molecule has 1 aliphatic carbocycles. The highest BCUT2D eigenvalue weighted by molar-refractivity contribution is 5.94. The van der Waals surface area contributed by atoms with Crippen LogP contribution in [0, 0.1) is 11.2 Å². The van der Waals surface area contributed by atoms with Crippen LogP contribution in [0.3, 0.4) is 0 Å². The number of nitrogens with zero attached hydrogens (tertiary/aromatic N) is 4. The fraction of sp³-hybridized carbons (Fsp3) is 0.444. The highest BCUT2D eigenvalue weighted by Crippen LogP contribution is 2.47. The maximum atomic E-state index is 13.6. The second-order valence-electron chi connectivity index (χ2n) is 10.7. The molecule has 0 bridgehead atoms. The number of hydrogen-bond donors (Lipinski definition) is 1. The van der Waals surface area contributed by atoms with Gasteiger partial charge in [0.25, 0.3) is 0 Å². The summed E-state index contributed by atoms with van der Waals surface area (Å²) in [5, 5.41) is 4.86. The Morgan fingerprint density at radius 2 is 1.86 bits per heavy atom. The number of likely N-dealkylation sites (tertiary alicyclic amines) is 1. The lowest BCUT2D eigenvalue weighted by Gasteiger charge is -2.43. The lowest BCUT2D eigenvalue weighted by atomic mass is 9.68. The van der Waals surface area contributed by atoms with Gasteiger partial charge in [-0.2, -0.15) is 5.10 Å². The van der Waals surface area contributed by atoms with Gasteiger partial charge in [-0.05, 0) is 81.6 Å². The fourth-order valence-corrected chi connectivity index (χ4v) is 5.24. The number of allylic oxidation sites excluding steroid dienone is 2. The van der Waals surface area contributed by atoms with E-state index in [9.17, 15) is 9.18 Å². The summed E-state index contributed by atoms with van der Waals surface area (Å²) in [6.45, 7) is 7.12. The summed E-state index contributed by atoms with van der Waals surface area (Å²) in [7, 11) is 0. The summed E-state index contributed by atoms with van der Waals surface area (Å²) in [5.41, 5.74) is 10.5. The van der Waals surface area contributed by atoms with Crippen LogP contribution in [0.5, 0.6) is 0 Å². The molecule has 2 aliphatic rings. The number of benzene rings is 1. The Balaban J connectivity index is 1.40. The van der Waals surface area contributed by atoms with Crippen molar-refractivity contribution in [2.75, 3.05) is 18.8 Å². The number of ether oxygens (including phenoxy) is 1. The maximum Gasteiger partial charge on any atom is 0.410 e.